The van der Waals surface area contributed by atoms with E-state index in [1.54, 1.807) is 0 Å². The molecular weight excluding hydrogens is 210 g/mol. The zero-order valence-corrected chi connectivity index (χ0v) is 11.1. The summed E-state index contributed by atoms with van der Waals surface area (Å²) in [5.41, 5.74) is 6.78. The summed E-state index contributed by atoms with van der Waals surface area (Å²) in [5, 5.41) is 0. The van der Waals surface area contributed by atoms with Crippen LogP contribution in [-0.2, 0) is 6.54 Å². The molecule has 2 nitrogen and oxygen atoms in total. The van der Waals surface area contributed by atoms with Crippen molar-refractivity contribution >= 4 is 0 Å². The highest BCUT2D eigenvalue weighted by Gasteiger charge is 2.08. The average molecular weight is 235 g/mol. The van der Waals surface area contributed by atoms with E-state index < -0.39 is 0 Å². The third kappa shape index (κ3) is 4.78. The van der Waals surface area contributed by atoms with Crippen LogP contribution in [0.3, 0.4) is 0 Å². The Morgan fingerprint density at radius 2 is 2.00 bits per heavy atom. The number of benzene rings is 1. The summed E-state index contributed by atoms with van der Waals surface area (Å²) in [7, 11) is 0. The second kappa shape index (κ2) is 8.13. The monoisotopic (exact) mass is 235 g/mol. The molecule has 0 aromatic heterocycles. The van der Waals surface area contributed by atoms with E-state index in [0.717, 1.165) is 17.9 Å². The molecule has 0 saturated carbocycles. The quantitative estimate of drug-likeness (QED) is 0.745. The van der Waals surface area contributed by atoms with Gasteiger partial charge in [-0.15, -0.1) is 0 Å². The van der Waals surface area contributed by atoms with E-state index in [-0.39, 0.29) is 0 Å². The van der Waals surface area contributed by atoms with Crippen molar-refractivity contribution in [2.45, 2.75) is 46.1 Å². The van der Waals surface area contributed by atoms with Crippen LogP contribution in [0.15, 0.2) is 24.3 Å². The van der Waals surface area contributed by atoms with Crippen molar-refractivity contribution in [1.82, 2.24) is 0 Å². The Morgan fingerprint density at radius 3 is 2.65 bits per heavy atom. The number of nitrogens with two attached hydrogens (primary N) is 1. The molecule has 0 amide bonds. The number of unbranched alkanes of at least 4 members (excludes halogenated alkanes) is 1. The fourth-order valence-electron chi connectivity index (χ4n) is 1.92. The fourth-order valence-corrected chi connectivity index (χ4v) is 1.92. The molecule has 1 rings (SSSR count). The Kier molecular flexibility index (Phi) is 6.71. The Hall–Kier alpha value is -1.02. The van der Waals surface area contributed by atoms with E-state index in [9.17, 15) is 0 Å². The maximum absolute atomic E-state index is 5.90. The fraction of sp³-hybridized carbons (Fsp3) is 0.600. The van der Waals surface area contributed by atoms with Gasteiger partial charge in [-0.2, -0.15) is 0 Å². The predicted molar refractivity (Wildman–Crippen MR) is 73.1 cm³/mol. The van der Waals surface area contributed by atoms with Crippen LogP contribution in [0.4, 0.5) is 0 Å². The molecule has 0 fully saturated rings. The van der Waals surface area contributed by atoms with Gasteiger partial charge < -0.3 is 10.5 Å². The molecule has 0 spiro atoms. The first-order valence-electron chi connectivity index (χ1n) is 6.72. The van der Waals surface area contributed by atoms with Gasteiger partial charge in [0.25, 0.3) is 0 Å². The van der Waals surface area contributed by atoms with Gasteiger partial charge >= 0.3 is 0 Å². The molecule has 0 radical (unpaired) electrons. The summed E-state index contributed by atoms with van der Waals surface area (Å²) < 4.78 is 5.90. The largest absolute Gasteiger partial charge is 0.493 e. The van der Waals surface area contributed by atoms with E-state index in [0.29, 0.717) is 12.5 Å². The number of hydrogen-bond acceptors (Lipinski definition) is 2. The molecule has 2 heteroatoms. The van der Waals surface area contributed by atoms with Crippen molar-refractivity contribution in [2.24, 2.45) is 11.7 Å². The lowest BCUT2D eigenvalue weighted by molar-refractivity contribution is 0.231. The highest BCUT2D eigenvalue weighted by molar-refractivity contribution is 5.32. The molecule has 1 aromatic carbocycles. The van der Waals surface area contributed by atoms with Crippen LogP contribution in [0.25, 0.3) is 0 Å². The Balaban J connectivity index is 2.47. The van der Waals surface area contributed by atoms with E-state index in [1.807, 2.05) is 24.3 Å². The second-order valence-corrected chi connectivity index (χ2v) is 4.54. The number of hydrogen-bond donors (Lipinski definition) is 1. The molecule has 1 aromatic rings. The SMILES string of the molecule is CCCCC(CC)COc1ccccc1CN. The van der Waals surface area contributed by atoms with Gasteiger partial charge in [-0.3, -0.25) is 0 Å². The third-order valence-corrected chi connectivity index (χ3v) is 3.21. The number of para-hydroxylation sites is 1. The first-order valence-corrected chi connectivity index (χ1v) is 6.72. The summed E-state index contributed by atoms with van der Waals surface area (Å²) in [4.78, 5) is 0. The van der Waals surface area contributed by atoms with Crippen molar-refractivity contribution in [2.75, 3.05) is 6.61 Å². The van der Waals surface area contributed by atoms with Crippen LogP contribution in [0, 0.1) is 5.92 Å². The third-order valence-electron chi connectivity index (χ3n) is 3.21. The van der Waals surface area contributed by atoms with Crippen LogP contribution >= 0.6 is 0 Å². The van der Waals surface area contributed by atoms with Gasteiger partial charge in [0.2, 0.25) is 0 Å². The van der Waals surface area contributed by atoms with E-state index in [1.165, 1.54) is 25.7 Å². The van der Waals surface area contributed by atoms with Crippen LogP contribution in [0.5, 0.6) is 5.75 Å². The molecule has 0 saturated heterocycles. The highest BCUT2D eigenvalue weighted by atomic mass is 16.5. The van der Waals surface area contributed by atoms with Crippen molar-refractivity contribution < 1.29 is 4.74 Å². The molecule has 0 aliphatic carbocycles. The second-order valence-electron chi connectivity index (χ2n) is 4.54. The summed E-state index contributed by atoms with van der Waals surface area (Å²) in [6.07, 6.45) is 5.00. The van der Waals surface area contributed by atoms with E-state index >= 15 is 0 Å². The maximum atomic E-state index is 5.90. The molecule has 1 unspecified atom stereocenters. The van der Waals surface area contributed by atoms with Gasteiger partial charge in [0.1, 0.15) is 5.75 Å². The van der Waals surface area contributed by atoms with Crippen LogP contribution < -0.4 is 10.5 Å². The predicted octanol–water partition coefficient (Wildman–Crippen LogP) is 3.74. The van der Waals surface area contributed by atoms with Crippen molar-refractivity contribution in [3.8, 4) is 5.75 Å². The molecule has 17 heavy (non-hydrogen) atoms. The summed E-state index contributed by atoms with van der Waals surface area (Å²) in [6.45, 7) is 5.82. The molecule has 0 aliphatic heterocycles. The first-order chi connectivity index (χ1) is 8.31. The van der Waals surface area contributed by atoms with Gasteiger partial charge in [0.15, 0.2) is 0 Å². The first kappa shape index (κ1) is 14.0. The van der Waals surface area contributed by atoms with Gasteiger partial charge in [0.05, 0.1) is 6.61 Å². The maximum Gasteiger partial charge on any atom is 0.123 e. The van der Waals surface area contributed by atoms with E-state index in [2.05, 4.69) is 13.8 Å². The number of rotatable bonds is 8. The van der Waals surface area contributed by atoms with Crippen LogP contribution in [0.2, 0.25) is 0 Å². The van der Waals surface area contributed by atoms with Crippen molar-refractivity contribution in [3.63, 3.8) is 0 Å². The lowest BCUT2D eigenvalue weighted by atomic mass is 10.0. The van der Waals surface area contributed by atoms with Gasteiger partial charge in [0, 0.05) is 12.1 Å². The number of ether oxygens (including phenoxy) is 1. The zero-order valence-electron chi connectivity index (χ0n) is 11.1. The lowest BCUT2D eigenvalue weighted by Crippen LogP contribution is -2.12. The molecule has 0 aliphatic rings. The average Bonchev–Trinajstić information content (AvgIpc) is 2.39. The summed E-state index contributed by atoms with van der Waals surface area (Å²) in [5.74, 6) is 1.62. The smallest absolute Gasteiger partial charge is 0.123 e. The van der Waals surface area contributed by atoms with E-state index in [4.69, 9.17) is 10.5 Å². The van der Waals surface area contributed by atoms with Crippen molar-refractivity contribution in [3.05, 3.63) is 29.8 Å². The summed E-state index contributed by atoms with van der Waals surface area (Å²) >= 11 is 0. The Bertz CT molecular complexity index is 312. The molecule has 1 atom stereocenters. The molecule has 2 N–H and O–H groups in total. The minimum absolute atomic E-state index is 0.544. The normalized spacial score (nSPS) is 12.4. The van der Waals surface area contributed by atoms with Gasteiger partial charge in [-0.25, -0.2) is 0 Å². The molecule has 0 bridgehead atoms. The topological polar surface area (TPSA) is 35.2 Å². The zero-order chi connectivity index (χ0) is 12.5. The molecule has 0 heterocycles. The summed E-state index contributed by atoms with van der Waals surface area (Å²) in [6, 6.07) is 8.04. The van der Waals surface area contributed by atoms with Crippen molar-refractivity contribution in [1.29, 1.82) is 0 Å². The minimum Gasteiger partial charge on any atom is -0.493 e. The highest BCUT2D eigenvalue weighted by Crippen LogP contribution is 2.20. The lowest BCUT2D eigenvalue weighted by Gasteiger charge is -2.17. The van der Waals surface area contributed by atoms with Gasteiger partial charge in [-0.1, -0.05) is 51.3 Å². The van der Waals surface area contributed by atoms with Gasteiger partial charge in [-0.05, 0) is 18.4 Å². The van der Waals surface area contributed by atoms with Crippen LogP contribution in [0.1, 0.15) is 45.1 Å². The minimum atomic E-state index is 0.544. The molecular formula is C15H25NO. The Labute approximate surface area is 105 Å². The van der Waals surface area contributed by atoms with Crippen LogP contribution in [-0.4, -0.2) is 6.61 Å². The standard InChI is InChI=1S/C15H25NO/c1-3-5-8-13(4-2)12-17-15-10-7-6-9-14(15)11-16/h6-7,9-10,13H,3-5,8,11-12,16H2,1-2H3. The molecule has 96 valence electrons. The Morgan fingerprint density at radius 1 is 1.24 bits per heavy atom.